The Labute approximate surface area is 97.5 Å². The van der Waals surface area contributed by atoms with Gasteiger partial charge in [0.2, 0.25) is 0 Å². The van der Waals surface area contributed by atoms with Gasteiger partial charge in [-0.25, -0.2) is 0 Å². The lowest BCUT2D eigenvalue weighted by molar-refractivity contribution is 1.18. The summed E-state index contributed by atoms with van der Waals surface area (Å²) in [6.45, 7) is 0. The highest BCUT2D eigenvalue weighted by molar-refractivity contribution is 9.09. The predicted molar refractivity (Wildman–Crippen MR) is 65.0 cm³/mol. The van der Waals surface area contributed by atoms with Crippen LogP contribution in [0.2, 0.25) is 0 Å². The lowest BCUT2D eigenvalue weighted by Crippen LogP contribution is -1.87. The van der Waals surface area contributed by atoms with Gasteiger partial charge in [0.05, 0.1) is 5.56 Å². The molecule has 1 nitrogen and oxygen atoms in total. The molecule has 0 saturated carbocycles. The van der Waals surface area contributed by atoms with Gasteiger partial charge in [-0.3, -0.25) is 0 Å². The van der Waals surface area contributed by atoms with Gasteiger partial charge in [-0.1, -0.05) is 40.2 Å². The highest BCUT2D eigenvalue weighted by atomic mass is 79.9. The van der Waals surface area contributed by atoms with Gasteiger partial charge in [-0.2, -0.15) is 5.26 Å². The van der Waals surface area contributed by atoms with Crippen molar-refractivity contribution in [3.8, 4) is 6.07 Å². The third-order valence-corrected chi connectivity index (χ3v) is 2.77. The van der Waals surface area contributed by atoms with Crippen LogP contribution >= 0.6 is 15.9 Å². The van der Waals surface area contributed by atoms with E-state index in [4.69, 9.17) is 5.26 Å². The summed E-state index contributed by atoms with van der Waals surface area (Å²) in [5.41, 5.74) is 1.87. The lowest BCUT2D eigenvalue weighted by Gasteiger charge is -2.02. The second-order valence-corrected chi connectivity index (χ2v) is 4.12. The number of fused-ring (bicyclic) bond motifs is 1. The van der Waals surface area contributed by atoms with Crippen LogP contribution in [-0.4, -0.2) is 5.33 Å². The van der Waals surface area contributed by atoms with E-state index in [1.165, 1.54) is 5.56 Å². The van der Waals surface area contributed by atoms with Crippen LogP contribution in [0.15, 0.2) is 30.3 Å². The summed E-state index contributed by atoms with van der Waals surface area (Å²) in [7, 11) is 0. The predicted octanol–water partition coefficient (Wildman–Crippen LogP) is 3.45. The Kier molecular flexibility index (Phi) is 3.03. The summed E-state index contributed by atoms with van der Waals surface area (Å²) in [4.78, 5) is 0. The monoisotopic (exact) mass is 258 g/mol. The fraction of sp³-hybridized carbons (Fsp3) is 0.154. The van der Waals surface area contributed by atoms with E-state index >= 15 is 0 Å². The van der Waals surface area contributed by atoms with E-state index in [1.54, 1.807) is 6.07 Å². The van der Waals surface area contributed by atoms with Crippen LogP contribution in [0.1, 0.15) is 11.1 Å². The molecule has 0 fully saturated rings. The Morgan fingerprint density at radius 2 is 2.20 bits per heavy atom. The third kappa shape index (κ3) is 2.03. The number of nitrogens with zero attached hydrogens (tertiary/aromatic N) is 1. The van der Waals surface area contributed by atoms with Crippen molar-refractivity contribution in [3.05, 3.63) is 47.5 Å². The van der Waals surface area contributed by atoms with E-state index in [9.17, 15) is 0 Å². The first-order valence-electron chi connectivity index (χ1n) is 4.74. The first-order valence-corrected chi connectivity index (χ1v) is 5.86. The molecule has 0 aliphatic carbocycles. The van der Waals surface area contributed by atoms with Gasteiger partial charge in [0.1, 0.15) is 6.07 Å². The maximum absolute atomic E-state index is 8.97. The van der Waals surface area contributed by atoms with Gasteiger partial charge >= 0.3 is 0 Å². The number of benzene rings is 2. The number of halogens is 1. The van der Waals surface area contributed by atoms with Crippen molar-refractivity contribution in [3.63, 3.8) is 0 Å². The zero-order valence-corrected chi connectivity index (χ0v) is 9.71. The fourth-order valence-corrected chi connectivity index (χ4v) is 2.07. The molecule has 0 amide bonds. The van der Waals surface area contributed by atoms with Gasteiger partial charge in [0.25, 0.3) is 0 Å². The van der Waals surface area contributed by atoms with E-state index in [0.29, 0.717) is 5.56 Å². The minimum absolute atomic E-state index is 0.629. The molecule has 15 heavy (non-hydrogen) atoms. The van der Waals surface area contributed by atoms with E-state index in [-0.39, 0.29) is 0 Å². The SMILES string of the molecule is N#Cc1[c]ccc2ccc(CCBr)cc12. The Bertz CT molecular complexity index is 526. The Balaban J connectivity index is 2.63. The van der Waals surface area contributed by atoms with E-state index in [2.05, 4.69) is 46.3 Å². The van der Waals surface area contributed by atoms with Gasteiger partial charge < -0.3 is 0 Å². The van der Waals surface area contributed by atoms with Crippen LogP contribution in [0.4, 0.5) is 0 Å². The molecule has 2 aromatic rings. The number of hydrogen-bond acceptors (Lipinski definition) is 1. The van der Waals surface area contributed by atoms with Gasteiger partial charge in [-0.15, -0.1) is 0 Å². The molecule has 0 aliphatic rings. The molecular weight excluding hydrogens is 250 g/mol. The molecule has 2 aromatic carbocycles. The third-order valence-electron chi connectivity index (χ3n) is 2.37. The molecule has 0 unspecified atom stereocenters. The number of nitriles is 1. The van der Waals surface area contributed by atoms with Crippen LogP contribution in [0.3, 0.4) is 0 Å². The summed E-state index contributed by atoms with van der Waals surface area (Å²) in [6.07, 6.45) is 0.982. The molecule has 0 bridgehead atoms. The largest absolute Gasteiger partial charge is 0.192 e. The number of alkyl halides is 1. The molecular formula is C13H9BrN. The van der Waals surface area contributed by atoms with E-state index in [0.717, 1.165) is 22.5 Å². The smallest absolute Gasteiger partial charge is 0.100 e. The summed E-state index contributed by atoms with van der Waals surface area (Å²) in [6, 6.07) is 15.1. The van der Waals surface area contributed by atoms with Crippen LogP contribution in [-0.2, 0) is 6.42 Å². The highest BCUT2D eigenvalue weighted by Gasteiger charge is 2.01. The second kappa shape index (κ2) is 4.46. The highest BCUT2D eigenvalue weighted by Crippen LogP contribution is 2.20. The maximum atomic E-state index is 8.97. The molecule has 0 spiro atoms. The molecule has 73 valence electrons. The molecule has 0 aliphatic heterocycles. The molecule has 2 heteroatoms. The Morgan fingerprint density at radius 1 is 1.33 bits per heavy atom. The summed E-state index contributed by atoms with van der Waals surface area (Å²) >= 11 is 3.41. The average molecular weight is 259 g/mol. The fourth-order valence-electron chi connectivity index (χ4n) is 1.61. The van der Waals surface area contributed by atoms with Crippen molar-refractivity contribution in [1.82, 2.24) is 0 Å². The van der Waals surface area contributed by atoms with Crippen LogP contribution in [0.25, 0.3) is 10.8 Å². The Morgan fingerprint density at radius 3 is 2.93 bits per heavy atom. The molecule has 0 atom stereocenters. The maximum Gasteiger partial charge on any atom is 0.100 e. The van der Waals surface area contributed by atoms with E-state index < -0.39 is 0 Å². The summed E-state index contributed by atoms with van der Waals surface area (Å²) in [5, 5.41) is 12.0. The topological polar surface area (TPSA) is 23.8 Å². The first-order chi connectivity index (χ1) is 7.35. The first kappa shape index (κ1) is 10.2. The molecule has 0 heterocycles. The van der Waals surface area contributed by atoms with Crippen molar-refractivity contribution >= 4 is 26.7 Å². The summed E-state index contributed by atoms with van der Waals surface area (Å²) < 4.78 is 0. The van der Waals surface area contributed by atoms with Gasteiger partial charge in [0.15, 0.2) is 0 Å². The Hall–Kier alpha value is -1.33. The number of hydrogen-bond donors (Lipinski definition) is 0. The van der Waals surface area contributed by atoms with Crippen molar-refractivity contribution in [1.29, 1.82) is 5.26 Å². The number of aryl methyl sites for hydroxylation is 1. The van der Waals surface area contributed by atoms with Crippen molar-refractivity contribution in [2.75, 3.05) is 5.33 Å². The standard InChI is InChI=1S/C13H9BrN/c14-7-6-10-4-5-11-2-1-3-12(9-15)13(11)8-10/h1-2,4-5,8H,6-7H2. The van der Waals surface area contributed by atoms with Crippen molar-refractivity contribution in [2.45, 2.75) is 6.42 Å². The normalized spacial score (nSPS) is 10.1. The molecule has 1 radical (unpaired) electrons. The minimum Gasteiger partial charge on any atom is -0.192 e. The minimum atomic E-state index is 0.629. The van der Waals surface area contributed by atoms with Crippen molar-refractivity contribution < 1.29 is 0 Å². The zero-order valence-electron chi connectivity index (χ0n) is 8.13. The van der Waals surface area contributed by atoms with Gasteiger partial charge in [-0.05, 0) is 23.4 Å². The lowest BCUT2D eigenvalue weighted by atomic mass is 10.0. The molecule has 0 aromatic heterocycles. The molecule has 0 N–H and O–H groups in total. The second-order valence-electron chi connectivity index (χ2n) is 3.33. The van der Waals surface area contributed by atoms with E-state index in [1.807, 2.05) is 6.07 Å². The average Bonchev–Trinajstić information content (AvgIpc) is 2.28. The van der Waals surface area contributed by atoms with Crippen LogP contribution in [0.5, 0.6) is 0 Å². The van der Waals surface area contributed by atoms with Crippen LogP contribution in [0, 0.1) is 17.4 Å². The summed E-state index contributed by atoms with van der Waals surface area (Å²) in [5.74, 6) is 0. The van der Waals surface area contributed by atoms with Gasteiger partial charge in [0, 0.05) is 16.8 Å². The quantitative estimate of drug-likeness (QED) is 0.758. The zero-order chi connectivity index (χ0) is 10.7. The van der Waals surface area contributed by atoms with Crippen LogP contribution < -0.4 is 0 Å². The number of rotatable bonds is 2. The molecule has 0 saturated heterocycles. The van der Waals surface area contributed by atoms with Crippen molar-refractivity contribution in [2.24, 2.45) is 0 Å². The molecule has 2 rings (SSSR count).